The van der Waals surface area contributed by atoms with Crippen molar-refractivity contribution in [3.8, 4) is 0 Å². The molecule has 3 heteroatoms. The summed E-state index contributed by atoms with van der Waals surface area (Å²) in [5.74, 6) is 0. The fourth-order valence-electron chi connectivity index (χ4n) is 3.86. The first-order chi connectivity index (χ1) is 8.28. The summed E-state index contributed by atoms with van der Waals surface area (Å²) in [4.78, 5) is 7.70. The van der Waals surface area contributed by atoms with E-state index < -0.39 is 0 Å². The van der Waals surface area contributed by atoms with Crippen LogP contribution in [0.25, 0.3) is 10.9 Å². The normalized spacial score (nSPS) is 20.9. The Morgan fingerprint density at radius 3 is 2.72 bits per heavy atom. The van der Waals surface area contributed by atoms with Gasteiger partial charge >= 0.3 is 0 Å². The summed E-state index contributed by atoms with van der Waals surface area (Å²) < 4.78 is 0. The van der Waals surface area contributed by atoms with Gasteiger partial charge in [0.15, 0.2) is 0 Å². The summed E-state index contributed by atoms with van der Waals surface area (Å²) in [6, 6.07) is 1.99. The van der Waals surface area contributed by atoms with Gasteiger partial charge in [0.05, 0.1) is 11.7 Å². The maximum atomic E-state index is 6.04. The van der Waals surface area contributed by atoms with E-state index in [0.717, 1.165) is 11.9 Å². The Morgan fingerprint density at radius 1 is 1.28 bits per heavy atom. The molecule has 0 fully saturated rings. The van der Waals surface area contributed by atoms with Gasteiger partial charge in [-0.25, -0.2) is 4.98 Å². The third-order valence-corrected chi connectivity index (χ3v) is 4.19. The first kappa shape index (κ1) is 12.0. The van der Waals surface area contributed by atoms with Crippen LogP contribution in [0.4, 0.5) is 0 Å². The molecule has 0 aromatic carbocycles. The van der Waals surface area contributed by atoms with E-state index >= 15 is 0 Å². The van der Waals surface area contributed by atoms with Crippen LogP contribution >= 0.6 is 11.6 Å². The average molecular weight is 263 g/mol. The van der Waals surface area contributed by atoms with Crippen molar-refractivity contribution in [2.24, 2.45) is 5.41 Å². The van der Waals surface area contributed by atoms with Crippen LogP contribution in [0.2, 0.25) is 5.15 Å². The number of aromatic amines is 1. The number of hydrogen-bond acceptors (Lipinski definition) is 1. The van der Waals surface area contributed by atoms with Crippen LogP contribution < -0.4 is 0 Å². The lowest BCUT2D eigenvalue weighted by molar-refractivity contribution is 0.231. The summed E-state index contributed by atoms with van der Waals surface area (Å²) in [7, 11) is 0. The lowest BCUT2D eigenvalue weighted by Gasteiger charge is -2.40. The highest BCUT2D eigenvalue weighted by atomic mass is 35.5. The topological polar surface area (TPSA) is 28.7 Å². The van der Waals surface area contributed by atoms with Crippen molar-refractivity contribution in [1.82, 2.24) is 9.97 Å². The van der Waals surface area contributed by atoms with Gasteiger partial charge in [0.2, 0.25) is 0 Å². The molecule has 0 radical (unpaired) electrons. The van der Waals surface area contributed by atoms with Crippen molar-refractivity contribution in [3.63, 3.8) is 0 Å². The highest BCUT2D eigenvalue weighted by Gasteiger charge is 2.39. The Balaban J connectivity index is 2.32. The van der Waals surface area contributed by atoms with E-state index in [-0.39, 0.29) is 5.41 Å². The SMILES string of the molecule is CC1(C)Cc2[nH]c3cnc(Cl)cc3c2C(C)(C)C1. The van der Waals surface area contributed by atoms with E-state index in [2.05, 4.69) is 37.7 Å². The van der Waals surface area contributed by atoms with Crippen LogP contribution in [0, 0.1) is 5.41 Å². The minimum atomic E-state index is 0.181. The van der Waals surface area contributed by atoms with E-state index in [0.29, 0.717) is 10.6 Å². The number of nitrogens with zero attached hydrogens (tertiary/aromatic N) is 1. The van der Waals surface area contributed by atoms with Gasteiger partial charge in [0.25, 0.3) is 0 Å². The number of hydrogen-bond donors (Lipinski definition) is 1. The highest BCUT2D eigenvalue weighted by Crippen LogP contribution is 2.48. The van der Waals surface area contributed by atoms with Crippen molar-refractivity contribution in [3.05, 3.63) is 28.7 Å². The van der Waals surface area contributed by atoms with Crippen molar-refractivity contribution < 1.29 is 0 Å². The smallest absolute Gasteiger partial charge is 0.129 e. The van der Waals surface area contributed by atoms with E-state index in [1.165, 1.54) is 23.1 Å². The van der Waals surface area contributed by atoms with Gasteiger partial charge in [0, 0.05) is 11.1 Å². The molecular formula is C15H19ClN2. The maximum absolute atomic E-state index is 6.04. The molecule has 1 aliphatic carbocycles. The standard InChI is InChI=1S/C15H19ClN2/c1-14(2)6-10-13(15(3,4)8-14)9-5-12(16)17-7-11(9)18-10/h5,7,18H,6,8H2,1-4H3. The number of H-pyrrole nitrogens is 1. The lowest BCUT2D eigenvalue weighted by Crippen LogP contribution is -2.34. The molecule has 0 spiro atoms. The number of rotatable bonds is 0. The third kappa shape index (κ3) is 1.74. The number of fused-ring (bicyclic) bond motifs is 3. The first-order valence-corrected chi connectivity index (χ1v) is 6.83. The molecule has 1 N–H and O–H groups in total. The van der Waals surface area contributed by atoms with Crippen molar-refractivity contribution in [2.75, 3.05) is 0 Å². The zero-order chi connectivity index (χ0) is 13.1. The highest BCUT2D eigenvalue weighted by molar-refractivity contribution is 6.30. The summed E-state index contributed by atoms with van der Waals surface area (Å²) in [6.45, 7) is 9.34. The summed E-state index contributed by atoms with van der Waals surface area (Å²) in [5, 5.41) is 1.82. The second kappa shape index (κ2) is 3.51. The monoisotopic (exact) mass is 262 g/mol. The Labute approximate surface area is 113 Å². The molecule has 3 rings (SSSR count). The van der Waals surface area contributed by atoms with Crippen LogP contribution in [-0.4, -0.2) is 9.97 Å². The first-order valence-electron chi connectivity index (χ1n) is 6.45. The molecular weight excluding hydrogens is 244 g/mol. The summed E-state index contributed by atoms with van der Waals surface area (Å²) in [6.07, 6.45) is 4.14. The largest absolute Gasteiger partial charge is 0.357 e. The van der Waals surface area contributed by atoms with Gasteiger partial charge < -0.3 is 4.98 Å². The van der Waals surface area contributed by atoms with E-state index in [4.69, 9.17) is 11.6 Å². The third-order valence-electron chi connectivity index (χ3n) is 3.98. The minimum Gasteiger partial charge on any atom is -0.357 e. The molecule has 1 aliphatic rings. The van der Waals surface area contributed by atoms with E-state index in [1.54, 1.807) is 0 Å². The second-order valence-electron chi connectivity index (χ2n) is 6.93. The fraction of sp³-hybridized carbons (Fsp3) is 0.533. The molecule has 0 saturated carbocycles. The van der Waals surface area contributed by atoms with Crippen molar-refractivity contribution >= 4 is 22.5 Å². The number of aromatic nitrogens is 2. The van der Waals surface area contributed by atoms with Gasteiger partial charge in [-0.2, -0.15) is 0 Å². The molecule has 2 nitrogen and oxygen atoms in total. The van der Waals surface area contributed by atoms with Crippen LogP contribution in [0.5, 0.6) is 0 Å². The molecule has 0 aliphatic heterocycles. The molecule has 0 saturated heterocycles. The Morgan fingerprint density at radius 2 is 2.00 bits per heavy atom. The van der Waals surface area contributed by atoms with Gasteiger partial charge in [-0.3, -0.25) is 0 Å². The Hall–Kier alpha value is -1.02. The molecule has 0 bridgehead atoms. The Bertz CT molecular complexity index is 623. The molecule has 0 unspecified atom stereocenters. The number of nitrogens with one attached hydrogen (secondary N) is 1. The fourth-order valence-corrected chi connectivity index (χ4v) is 4.01. The van der Waals surface area contributed by atoms with E-state index in [9.17, 15) is 0 Å². The number of pyridine rings is 1. The quantitative estimate of drug-likeness (QED) is 0.698. The van der Waals surface area contributed by atoms with Gasteiger partial charge in [-0.1, -0.05) is 39.3 Å². The zero-order valence-corrected chi connectivity index (χ0v) is 12.2. The maximum Gasteiger partial charge on any atom is 0.129 e. The minimum absolute atomic E-state index is 0.181. The number of halogens is 1. The molecule has 0 amide bonds. The van der Waals surface area contributed by atoms with Crippen LogP contribution in [0.1, 0.15) is 45.4 Å². The molecule has 0 atom stereocenters. The van der Waals surface area contributed by atoms with E-state index in [1.807, 2.05) is 12.3 Å². The molecule has 2 aromatic rings. The van der Waals surface area contributed by atoms with Gasteiger partial charge in [-0.15, -0.1) is 0 Å². The zero-order valence-electron chi connectivity index (χ0n) is 11.4. The predicted molar refractivity (Wildman–Crippen MR) is 76.2 cm³/mol. The van der Waals surface area contributed by atoms with Crippen LogP contribution in [0.15, 0.2) is 12.3 Å². The Kier molecular flexibility index (Phi) is 2.34. The second-order valence-corrected chi connectivity index (χ2v) is 7.32. The summed E-state index contributed by atoms with van der Waals surface area (Å²) in [5.41, 5.74) is 4.42. The molecule has 2 aromatic heterocycles. The molecule has 18 heavy (non-hydrogen) atoms. The molecule has 96 valence electrons. The van der Waals surface area contributed by atoms with Crippen molar-refractivity contribution in [1.29, 1.82) is 0 Å². The molecule has 2 heterocycles. The van der Waals surface area contributed by atoms with Crippen molar-refractivity contribution in [2.45, 2.75) is 46.0 Å². The predicted octanol–water partition coefficient (Wildman–Crippen LogP) is 4.47. The lowest BCUT2D eigenvalue weighted by atomic mass is 9.64. The average Bonchev–Trinajstić information content (AvgIpc) is 2.51. The van der Waals surface area contributed by atoms with Crippen LogP contribution in [-0.2, 0) is 11.8 Å². The summed E-state index contributed by atoms with van der Waals surface area (Å²) >= 11 is 6.04. The van der Waals surface area contributed by atoms with Gasteiger partial charge in [-0.05, 0) is 35.3 Å². The van der Waals surface area contributed by atoms with Gasteiger partial charge in [0.1, 0.15) is 5.15 Å². The van der Waals surface area contributed by atoms with Crippen LogP contribution in [0.3, 0.4) is 0 Å².